The molecule has 0 aliphatic rings. The predicted octanol–water partition coefficient (Wildman–Crippen LogP) is 3.36. The van der Waals surface area contributed by atoms with Crippen molar-refractivity contribution >= 4 is 5.97 Å². The van der Waals surface area contributed by atoms with Crippen molar-refractivity contribution in [2.75, 3.05) is 6.61 Å². The van der Waals surface area contributed by atoms with Crippen LogP contribution in [-0.4, -0.2) is 12.6 Å². The highest BCUT2D eigenvalue weighted by Crippen LogP contribution is 2.07. The molecule has 0 rings (SSSR count). The van der Waals surface area contributed by atoms with E-state index in [4.69, 9.17) is 10.00 Å². The van der Waals surface area contributed by atoms with Crippen molar-refractivity contribution in [3.05, 3.63) is 11.6 Å². The number of carbonyl (C=O) groups excluding carboxylic acids is 1. The topological polar surface area (TPSA) is 50.1 Å². The number of allylic oxidation sites excluding steroid dienone is 1. The van der Waals surface area contributed by atoms with E-state index in [1.165, 1.54) is 19.3 Å². The third kappa shape index (κ3) is 7.05. The van der Waals surface area contributed by atoms with E-state index in [0.717, 1.165) is 19.3 Å². The molecule has 0 radical (unpaired) electrons. The number of ether oxygens (including phenoxy) is 1. The zero-order valence-electron chi connectivity index (χ0n) is 10.3. The van der Waals surface area contributed by atoms with Crippen LogP contribution in [-0.2, 0) is 9.53 Å². The first-order chi connectivity index (χ1) is 7.76. The highest BCUT2D eigenvalue weighted by Gasteiger charge is 2.08. The third-order valence-electron chi connectivity index (χ3n) is 2.27. The molecule has 0 aliphatic carbocycles. The maximum absolute atomic E-state index is 11.2. The van der Waals surface area contributed by atoms with Crippen LogP contribution in [0.25, 0.3) is 0 Å². The van der Waals surface area contributed by atoms with E-state index in [0.29, 0.717) is 6.61 Å². The van der Waals surface area contributed by atoms with Gasteiger partial charge < -0.3 is 4.74 Å². The average molecular weight is 223 g/mol. The predicted molar refractivity (Wildman–Crippen MR) is 63.7 cm³/mol. The van der Waals surface area contributed by atoms with Crippen LogP contribution in [0.2, 0.25) is 0 Å². The molecule has 0 spiro atoms. The number of unbranched alkanes of at least 4 members (excludes halogenated alkanes) is 5. The van der Waals surface area contributed by atoms with E-state index in [2.05, 4.69) is 6.92 Å². The summed E-state index contributed by atoms with van der Waals surface area (Å²) in [5.41, 5.74) is 0.136. The Bertz CT molecular complexity index is 264. The molecule has 0 amide bonds. The third-order valence-corrected chi connectivity index (χ3v) is 2.27. The largest absolute Gasteiger partial charge is 0.462 e. The van der Waals surface area contributed by atoms with Crippen LogP contribution in [0.5, 0.6) is 0 Å². The van der Waals surface area contributed by atoms with Gasteiger partial charge in [-0.1, -0.05) is 38.7 Å². The number of hydrogen-bond acceptors (Lipinski definition) is 3. The Hall–Kier alpha value is -1.30. The lowest BCUT2D eigenvalue weighted by Crippen LogP contribution is -2.06. The zero-order valence-corrected chi connectivity index (χ0v) is 10.3. The number of esters is 1. The first kappa shape index (κ1) is 14.7. The minimum atomic E-state index is -0.501. The second-order valence-electron chi connectivity index (χ2n) is 3.65. The summed E-state index contributed by atoms with van der Waals surface area (Å²) in [4.78, 5) is 11.2. The van der Waals surface area contributed by atoms with E-state index >= 15 is 0 Å². The van der Waals surface area contributed by atoms with Crippen LogP contribution in [0, 0.1) is 11.3 Å². The lowest BCUT2D eigenvalue weighted by molar-refractivity contribution is -0.138. The molecule has 0 aromatic rings. The Morgan fingerprint density at radius 2 is 1.94 bits per heavy atom. The van der Waals surface area contributed by atoms with Gasteiger partial charge in [0.25, 0.3) is 0 Å². The molecule has 0 saturated carbocycles. The number of carbonyl (C=O) groups is 1. The summed E-state index contributed by atoms with van der Waals surface area (Å²) in [6, 6.07) is 1.88. The summed E-state index contributed by atoms with van der Waals surface area (Å²) in [7, 11) is 0. The second kappa shape index (κ2) is 10.2. The lowest BCUT2D eigenvalue weighted by atomic mass is 10.1. The summed E-state index contributed by atoms with van der Waals surface area (Å²) in [5.74, 6) is -0.501. The fourth-order valence-corrected chi connectivity index (χ4v) is 1.38. The first-order valence-electron chi connectivity index (χ1n) is 6.03. The zero-order chi connectivity index (χ0) is 12.2. The van der Waals surface area contributed by atoms with Gasteiger partial charge in [0.05, 0.1) is 6.61 Å². The standard InChI is InChI=1S/C13H21NO2/c1-3-5-6-7-8-9-10-12(11-14)13(15)16-4-2/h10H,3-9H2,1-2H3/b12-10+. The first-order valence-corrected chi connectivity index (χ1v) is 6.03. The van der Waals surface area contributed by atoms with Crippen molar-refractivity contribution in [3.63, 3.8) is 0 Å². The highest BCUT2D eigenvalue weighted by atomic mass is 16.5. The van der Waals surface area contributed by atoms with Crippen LogP contribution >= 0.6 is 0 Å². The summed E-state index contributed by atoms with van der Waals surface area (Å²) < 4.78 is 4.76. The maximum atomic E-state index is 11.2. The van der Waals surface area contributed by atoms with E-state index in [-0.39, 0.29) is 5.57 Å². The summed E-state index contributed by atoms with van der Waals surface area (Å²) in [6.07, 6.45) is 8.37. The van der Waals surface area contributed by atoms with E-state index in [9.17, 15) is 4.79 Å². The fraction of sp³-hybridized carbons (Fsp3) is 0.692. The van der Waals surface area contributed by atoms with Crippen molar-refractivity contribution in [1.29, 1.82) is 5.26 Å². The van der Waals surface area contributed by atoms with Gasteiger partial charge in [-0.3, -0.25) is 0 Å². The Balaban J connectivity index is 3.81. The lowest BCUT2D eigenvalue weighted by Gasteiger charge is -2.00. The molecule has 0 aromatic heterocycles. The van der Waals surface area contributed by atoms with Crippen LogP contribution in [0.4, 0.5) is 0 Å². The van der Waals surface area contributed by atoms with Gasteiger partial charge >= 0.3 is 5.97 Å². The molecule has 3 nitrogen and oxygen atoms in total. The molecule has 0 fully saturated rings. The van der Waals surface area contributed by atoms with E-state index in [1.54, 1.807) is 13.0 Å². The van der Waals surface area contributed by atoms with E-state index in [1.807, 2.05) is 6.07 Å². The summed E-state index contributed by atoms with van der Waals surface area (Å²) >= 11 is 0. The number of nitrogens with zero attached hydrogens (tertiary/aromatic N) is 1. The van der Waals surface area contributed by atoms with Gasteiger partial charge in [0, 0.05) is 0 Å². The molecule has 3 heteroatoms. The fourth-order valence-electron chi connectivity index (χ4n) is 1.38. The molecule has 0 bridgehead atoms. The summed E-state index contributed by atoms with van der Waals surface area (Å²) in [6.45, 7) is 4.22. The molecule has 0 unspecified atom stereocenters. The van der Waals surface area contributed by atoms with Gasteiger partial charge in [-0.15, -0.1) is 0 Å². The van der Waals surface area contributed by atoms with Crippen molar-refractivity contribution in [2.24, 2.45) is 0 Å². The molecule has 0 heterocycles. The Morgan fingerprint density at radius 1 is 1.25 bits per heavy atom. The Morgan fingerprint density at radius 3 is 2.50 bits per heavy atom. The van der Waals surface area contributed by atoms with Crippen LogP contribution in [0.3, 0.4) is 0 Å². The van der Waals surface area contributed by atoms with Gasteiger partial charge in [0.1, 0.15) is 11.6 Å². The van der Waals surface area contributed by atoms with E-state index < -0.39 is 5.97 Å². The van der Waals surface area contributed by atoms with Crippen LogP contribution in [0.15, 0.2) is 11.6 Å². The molecule has 0 aromatic carbocycles. The second-order valence-corrected chi connectivity index (χ2v) is 3.65. The van der Waals surface area contributed by atoms with Gasteiger partial charge in [0.15, 0.2) is 0 Å². The molecule has 0 aliphatic heterocycles. The smallest absolute Gasteiger partial charge is 0.348 e. The molecule has 0 saturated heterocycles. The normalized spacial score (nSPS) is 10.9. The van der Waals surface area contributed by atoms with Crippen molar-refractivity contribution in [1.82, 2.24) is 0 Å². The minimum Gasteiger partial charge on any atom is -0.462 e. The molecular weight excluding hydrogens is 202 g/mol. The summed E-state index contributed by atoms with van der Waals surface area (Å²) in [5, 5.41) is 8.74. The van der Waals surface area contributed by atoms with Crippen molar-refractivity contribution < 1.29 is 9.53 Å². The SMILES string of the molecule is CCCCCCC/C=C(\C#N)C(=O)OCC. The van der Waals surface area contributed by atoms with Gasteiger partial charge in [-0.25, -0.2) is 4.79 Å². The van der Waals surface area contributed by atoms with Crippen LogP contribution in [0.1, 0.15) is 52.4 Å². The molecule has 16 heavy (non-hydrogen) atoms. The Kier molecular flexibility index (Phi) is 9.39. The molecule has 0 atom stereocenters. The average Bonchev–Trinajstić information content (AvgIpc) is 2.28. The highest BCUT2D eigenvalue weighted by molar-refractivity contribution is 5.92. The quantitative estimate of drug-likeness (QED) is 0.274. The van der Waals surface area contributed by atoms with Crippen LogP contribution < -0.4 is 0 Å². The van der Waals surface area contributed by atoms with Gasteiger partial charge in [-0.2, -0.15) is 5.26 Å². The van der Waals surface area contributed by atoms with Crippen molar-refractivity contribution in [3.8, 4) is 6.07 Å². The maximum Gasteiger partial charge on any atom is 0.348 e. The van der Waals surface area contributed by atoms with Gasteiger partial charge in [-0.05, 0) is 19.8 Å². The van der Waals surface area contributed by atoms with Gasteiger partial charge in [0.2, 0.25) is 0 Å². The number of rotatable bonds is 8. The minimum absolute atomic E-state index is 0.136. The Labute approximate surface area is 98.1 Å². The molecule has 90 valence electrons. The molecular formula is C13H21NO2. The van der Waals surface area contributed by atoms with Crippen molar-refractivity contribution in [2.45, 2.75) is 52.4 Å². The molecule has 0 N–H and O–H groups in total. The number of nitriles is 1. The monoisotopic (exact) mass is 223 g/mol. The number of hydrogen-bond donors (Lipinski definition) is 0.